The first kappa shape index (κ1) is 25.6. The van der Waals surface area contributed by atoms with Crippen molar-refractivity contribution in [1.82, 2.24) is 5.43 Å². The number of carbonyl (C=O) groups is 1. The molecule has 1 amide bonds. The van der Waals surface area contributed by atoms with Crippen LogP contribution in [0.2, 0.25) is 0 Å². The fraction of sp³-hybridized carbons (Fsp3) is 0.200. The van der Waals surface area contributed by atoms with Gasteiger partial charge in [0.15, 0.2) is 11.5 Å². The van der Waals surface area contributed by atoms with Gasteiger partial charge in [-0.25, -0.2) is 13.8 Å². The van der Waals surface area contributed by atoms with Crippen LogP contribution >= 0.6 is 0 Å². The molecule has 0 atom stereocenters. The van der Waals surface area contributed by atoms with E-state index in [0.29, 0.717) is 28.5 Å². The van der Waals surface area contributed by atoms with Gasteiger partial charge >= 0.3 is 0 Å². The Hall–Kier alpha value is -4.05. The lowest BCUT2D eigenvalue weighted by molar-refractivity contribution is 0.0955. The minimum absolute atomic E-state index is 0.0428. The van der Waals surface area contributed by atoms with Crippen LogP contribution < -0.4 is 24.4 Å². The maximum absolute atomic E-state index is 12.9. The third-order valence-corrected chi connectivity index (χ3v) is 6.46. The number of hydrogen-bond donors (Lipinski definition) is 2. The summed E-state index contributed by atoms with van der Waals surface area (Å²) in [6, 6.07) is 14.4. The monoisotopic (exact) mass is 497 g/mol. The number of rotatable bonds is 9. The third-order valence-electron chi connectivity index (χ3n) is 5.10. The van der Waals surface area contributed by atoms with Crippen molar-refractivity contribution in [1.29, 1.82) is 0 Å². The Labute approximate surface area is 204 Å². The first-order valence-electron chi connectivity index (χ1n) is 10.5. The number of ether oxygens (including phenoxy) is 3. The lowest BCUT2D eigenvalue weighted by Crippen LogP contribution is -2.19. The standard InChI is InChI=1S/C25H27N3O6S/c1-16-9-10-21(17(2)11-16)28-35(30,31)20-8-6-7-19(14-20)25(29)27-26-15-18-12-22(32-3)24(34-5)23(13-18)33-4/h6-15,28H,1-5H3,(H,27,29)/b26-15+. The fourth-order valence-electron chi connectivity index (χ4n) is 3.34. The van der Waals surface area contributed by atoms with Crippen LogP contribution in [0.25, 0.3) is 0 Å². The molecule has 0 saturated carbocycles. The second kappa shape index (κ2) is 10.9. The van der Waals surface area contributed by atoms with Crippen molar-refractivity contribution in [2.45, 2.75) is 18.7 Å². The van der Waals surface area contributed by atoms with Crippen molar-refractivity contribution >= 4 is 27.8 Å². The molecule has 184 valence electrons. The Kier molecular flexibility index (Phi) is 7.98. The molecule has 0 aliphatic rings. The summed E-state index contributed by atoms with van der Waals surface area (Å²) in [5.74, 6) is 0.739. The molecule has 3 aromatic rings. The lowest BCUT2D eigenvalue weighted by Gasteiger charge is -2.12. The van der Waals surface area contributed by atoms with Crippen LogP contribution in [0.5, 0.6) is 17.2 Å². The molecule has 0 heterocycles. The topological polar surface area (TPSA) is 115 Å². The maximum atomic E-state index is 12.9. The first-order valence-corrected chi connectivity index (χ1v) is 12.0. The molecule has 0 aliphatic carbocycles. The average Bonchev–Trinajstić information content (AvgIpc) is 2.85. The van der Waals surface area contributed by atoms with Crippen LogP contribution in [0.15, 0.2) is 64.6 Å². The Morgan fingerprint density at radius 1 is 0.914 bits per heavy atom. The van der Waals surface area contributed by atoms with E-state index in [-0.39, 0.29) is 10.5 Å². The van der Waals surface area contributed by atoms with Crippen LogP contribution in [0.1, 0.15) is 27.0 Å². The van der Waals surface area contributed by atoms with Crippen molar-refractivity contribution in [2.75, 3.05) is 26.1 Å². The van der Waals surface area contributed by atoms with Crippen LogP contribution in [0.3, 0.4) is 0 Å². The SMILES string of the molecule is COc1cc(/C=N/NC(=O)c2cccc(S(=O)(=O)Nc3ccc(C)cc3C)c2)cc(OC)c1OC. The summed E-state index contributed by atoms with van der Waals surface area (Å²) >= 11 is 0. The van der Waals surface area contributed by atoms with E-state index in [9.17, 15) is 13.2 Å². The van der Waals surface area contributed by atoms with E-state index in [1.807, 2.05) is 26.0 Å². The predicted octanol–water partition coefficient (Wildman–Crippen LogP) is 3.89. The van der Waals surface area contributed by atoms with E-state index in [0.717, 1.165) is 11.1 Å². The van der Waals surface area contributed by atoms with Gasteiger partial charge in [0.1, 0.15) is 0 Å². The van der Waals surface area contributed by atoms with Gasteiger partial charge < -0.3 is 14.2 Å². The Morgan fingerprint density at radius 2 is 1.60 bits per heavy atom. The summed E-state index contributed by atoms with van der Waals surface area (Å²) in [6.07, 6.45) is 1.41. The highest BCUT2D eigenvalue weighted by Crippen LogP contribution is 2.37. The van der Waals surface area contributed by atoms with E-state index in [4.69, 9.17) is 14.2 Å². The molecule has 9 nitrogen and oxygen atoms in total. The minimum atomic E-state index is -3.90. The van der Waals surface area contributed by atoms with Crippen LogP contribution in [0, 0.1) is 13.8 Å². The van der Waals surface area contributed by atoms with Crippen LogP contribution in [-0.4, -0.2) is 41.9 Å². The van der Waals surface area contributed by atoms with Crippen molar-refractivity contribution < 1.29 is 27.4 Å². The van der Waals surface area contributed by atoms with Crippen molar-refractivity contribution in [3.05, 3.63) is 76.9 Å². The number of nitrogens with zero attached hydrogens (tertiary/aromatic N) is 1. The fourth-order valence-corrected chi connectivity index (χ4v) is 4.52. The molecule has 0 fully saturated rings. The molecule has 0 unspecified atom stereocenters. The van der Waals surface area contributed by atoms with E-state index >= 15 is 0 Å². The van der Waals surface area contributed by atoms with Gasteiger partial charge in [0.2, 0.25) is 5.75 Å². The molecule has 0 bridgehead atoms. The number of benzene rings is 3. The van der Waals surface area contributed by atoms with Crippen LogP contribution in [-0.2, 0) is 10.0 Å². The predicted molar refractivity (Wildman–Crippen MR) is 134 cm³/mol. The van der Waals surface area contributed by atoms with E-state index in [1.165, 1.54) is 51.8 Å². The highest BCUT2D eigenvalue weighted by atomic mass is 32.2. The summed E-state index contributed by atoms with van der Waals surface area (Å²) in [4.78, 5) is 12.6. The summed E-state index contributed by atoms with van der Waals surface area (Å²) in [5, 5.41) is 3.96. The number of sulfonamides is 1. The van der Waals surface area contributed by atoms with Crippen LogP contribution in [0.4, 0.5) is 5.69 Å². The Morgan fingerprint density at radius 3 is 2.20 bits per heavy atom. The summed E-state index contributed by atoms with van der Waals surface area (Å²) in [7, 11) is 0.594. The van der Waals surface area contributed by atoms with Gasteiger partial charge in [-0.3, -0.25) is 9.52 Å². The van der Waals surface area contributed by atoms with Gasteiger partial charge in [0.05, 0.1) is 38.1 Å². The number of aryl methyl sites for hydroxylation is 2. The summed E-state index contributed by atoms with van der Waals surface area (Å²) in [5.41, 5.74) is 5.42. The van der Waals surface area contributed by atoms with Gasteiger partial charge in [-0.2, -0.15) is 5.10 Å². The number of hydrogen-bond acceptors (Lipinski definition) is 7. The summed E-state index contributed by atoms with van der Waals surface area (Å²) in [6.45, 7) is 3.75. The van der Waals surface area contributed by atoms with Crippen molar-refractivity contribution in [3.63, 3.8) is 0 Å². The molecule has 0 saturated heterocycles. The van der Waals surface area contributed by atoms with Gasteiger partial charge in [0, 0.05) is 11.1 Å². The second-order valence-corrected chi connectivity index (χ2v) is 9.29. The largest absolute Gasteiger partial charge is 0.493 e. The molecular weight excluding hydrogens is 470 g/mol. The quantitative estimate of drug-likeness (QED) is 0.342. The normalized spacial score (nSPS) is 11.2. The van der Waals surface area contributed by atoms with E-state index in [1.54, 1.807) is 18.2 Å². The minimum Gasteiger partial charge on any atom is -0.493 e. The zero-order valence-corrected chi connectivity index (χ0v) is 20.9. The molecule has 0 aromatic heterocycles. The highest BCUT2D eigenvalue weighted by molar-refractivity contribution is 7.92. The Balaban J connectivity index is 1.76. The first-order chi connectivity index (χ1) is 16.7. The molecule has 35 heavy (non-hydrogen) atoms. The van der Waals surface area contributed by atoms with E-state index < -0.39 is 15.9 Å². The number of amides is 1. The molecule has 2 N–H and O–H groups in total. The molecule has 10 heteroatoms. The van der Waals surface area contributed by atoms with E-state index in [2.05, 4.69) is 15.2 Å². The van der Waals surface area contributed by atoms with Gasteiger partial charge in [-0.05, 0) is 55.8 Å². The van der Waals surface area contributed by atoms with Gasteiger partial charge in [0.25, 0.3) is 15.9 Å². The average molecular weight is 498 g/mol. The number of nitrogens with one attached hydrogen (secondary N) is 2. The third kappa shape index (κ3) is 6.10. The number of methoxy groups -OCH3 is 3. The Bertz CT molecular complexity index is 1340. The molecule has 3 aromatic carbocycles. The molecule has 3 rings (SSSR count). The number of hydrazone groups is 1. The van der Waals surface area contributed by atoms with Gasteiger partial charge in [-0.15, -0.1) is 0 Å². The highest BCUT2D eigenvalue weighted by Gasteiger charge is 2.18. The molecule has 0 aliphatic heterocycles. The molecular formula is C25H27N3O6S. The van der Waals surface area contributed by atoms with Gasteiger partial charge in [-0.1, -0.05) is 23.8 Å². The molecule has 0 radical (unpaired) electrons. The molecule has 0 spiro atoms. The summed E-state index contributed by atoms with van der Waals surface area (Å²) < 4.78 is 44.2. The number of anilines is 1. The zero-order valence-electron chi connectivity index (χ0n) is 20.1. The maximum Gasteiger partial charge on any atom is 0.271 e. The zero-order chi connectivity index (χ0) is 25.6. The number of carbonyl (C=O) groups excluding carboxylic acids is 1. The smallest absolute Gasteiger partial charge is 0.271 e. The lowest BCUT2D eigenvalue weighted by atomic mass is 10.1. The van der Waals surface area contributed by atoms with Crippen molar-refractivity contribution in [2.24, 2.45) is 5.10 Å². The van der Waals surface area contributed by atoms with Crippen molar-refractivity contribution in [3.8, 4) is 17.2 Å². The second-order valence-electron chi connectivity index (χ2n) is 7.61.